The van der Waals surface area contributed by atoms with E-state index in [2.05, 4.69) is 36.2 Å². The number of carbonyl (C=O) groups excluding carboxylic acids is 1. The van der Waals surface area contributed by atoms with Crippen LogP contribution in [0.1, 0.15) is 92.2 Å². The standard InChI is InChI=1S/C34H41N3O4S/c1-21-17-27(13-14-29(21)41-2)23-5-3-22(4-6-23)20-37(33(38)25-9-11-26(12-10-25)34(39)40)31-18-28(15-16-35-31)30-19-36-32(42-30)24-7-8-24/h13-19,22-26H,3-12,20H2,1-2H3,(H,39,40)/t22-,23-,25-,26-. The molecule has 3 aliphatic carbocycles. The Hall–Kier alpha value is -3.26. The van der Waals surface area contributed by atoms with E-state index in [9.17, 15) is 14.7 Å². The van der Waals surface area contributed by atoms with Crippen molar-refractivity contribution in [1.29, 1.82) is 0 Å². The summed E-state index contributed by atoms with van der Waals surface area (Å²) in [7, 11) is 1.71. The number of hydrogen-bond acceptors (Lipinski definition) is 6. The summed E-state index contributed by atoms with van der Waals surface area (Å²) in [4.78, 5) is 38.1. The van der Waals surface area contributed by atoms with Crippen molar-refractivity contribution in [2.45, 2.75) is 83.0 Å². The van der Waals surface area contributed by atoms with Crippen LogP contribution in [-0.4, -0.2) is 40.6 Å². The van der Waals surface area contributed by atoms with Crippen LogP contribution in [0.25, 0.3) is 10.4 Å². The molecule has 6 rings (SSSR count). The van der Waals surface area contributed by atoms with Gasteiger partial charge in [0.15, 0.2) is 0 Å². The second kappa shape index (κ2) is 12.5. The number of thiazole rings is 1. The lowest BCUT2D eigenvalue weighted by Gasteiger charge is -2.35. The summed E-state index contributed by atoms with van der Waals surface area (Å²) < 4.78 is 5.46. The Bertz CT molecular complexity index is 1420. The van der Waals surface area contributed by atoms with E-state index in [1.807, 2.05) is 23.4 Å². The average molecular weight is 588 g/mol. The van der Waals surface area contributed by atoms with Gasteiger partial charge in [0, 0.05) is 30.8 Å². The fourth-order valence-electron chi connectivity index (χ4n) is 6.86. The second-order valence-electron chi connectivity index (χ2n) is 12.5. The third-order valence-corrected chi connectivity index (χ3v) is 10.8. The van der Waals surface area contributed by atoms with Crippen LogP contribution in [0, 0.1) is 24.7 Å². The second-order valence-corrected chi connectivity index (χ2v) is 13.6. The average Bonchev–Trinajstić information content (AvgIpc) is 3.75. The Morgan fingerprint density at radius 3 is 2.31 bits per heavy atom. The Morgan fingerprint density at radius 1 is 0.929 bits per heavy atom. The number of nitrogens with zero attached hydrogens (tertiary/aromatic N) is 3. The Morgan fingerprint density at radius 2 is 1.64 bits per heavy atom. The molecule has 3 saturated carbocycles. The van der Waals surface area contributed by atoms with Crippen molar-refractivity contribution in [3.8, 4) is 16.2 Å². The zero-order valence-corrected chi connectivity index (χ0v) is 25.4. The first-order chi connectivity index (χ1) is 20.4. The molecule has 3 fully saturated rings. The summed E-state index contributed by atoms with van der Waals surface area (Å²) in [5, 5.41) is 10.7. The van der Waals surface area contributed by atoms with Crippen LogP contribution in [0.4, 0.5) is 5.82 Å². The Kier molecular flexibility index (Phi) is 8.61. The summed E-state index contributed by atoms with van der Waals surface area (Å²) >= 11 is 1.75. The predicted molar refractivity (Wildman–Crippen MR) is 165 cm³/mol. The first-order valence-electron chi connectivity index (χ1n) is 15.5. The van der Waals surface area contributed by atoms with Crippen LogP contribution < -0.4 is 9.64 Å². The third-order valence-electron chi connectivity index (χ3n) is 9.63. The third kappa shape index (κ3) is 6.38. The molecular weight excluding hydrogens is 546 g/mol. The minimum absolute atomic E-state index is 0.0966. The number of amides is 1. The number of ether oxygens (including phenoxy) is 1. The van der Waals surface area contributed by atoms with Crippen LogP contribution in [0.15, 0.2) is 42.7 Å². The van der Waals surface area contributed by atoms with Gasteiger partial charge < -0.3 is 9.84 Å². The molecule has 0 atom stereocenters. The van der Waals surface area contributed by atoms with Gasteiger partial charge in [-0.05, 0) is 118 Å². The van der Waals surface area contributed by atoms with Gasteiger partial charge in [-0.2, -0.15) is 0 Å². The molecule has 3 aromatic rings. The Labute approximate surface area is 252 Å². The van der Waals surface area contributed by atoms with Crippen molar-refractivity contribution < 1.29 is 19.4 Å². The first-order valence-corrected chi connectivity index (χ1v) is 16.3. The zero-order valence-electron chi connectivity index (χ0n) is 24.6. The summed E-state index contributed by atoms with van der Waals surface area (Å²) in [5.74, 6) is 2.02. The molecule has 0 saturated heterocycles. The summed E-state index contributed by atoms with van der Waals surface area (Å²) in [6.07, 6.45) is 12.9. The number of rotatable bonds is 9. The maximum absolute atomic E-state index is 14.1. The molecule has 0 spiro atoms. The monoisotopic (exact) mass is 587 g/mol. The summed E-state index contributed by atoms with van der Waals surface area (Å²) in [5.41, 5.74) is 3.59. The highest BCUT2D eigenvalue weighted by Crippen LogP contribution is 2.44. The van der Waals surface area contributed by atoms with Gasteiger partial charge in [-0.25, -0.2) is 9.97 Å². The number of benzene rings is 1. The quantitative estimate of drug-likeness (QED) is 0.277. The molecule has 0 aliphatic heterocycles. The number of hydrogen-bond donors (Lipinski definition) is 1. The van der Waals surface area contributed by atoms with Crippen LogP contribution in [-0.2, 0) is 9.59 Å². The Balaban J connectivity index is 1.19. The lowest BCUT2D eigenvalue weighted by Crippen LogP contribution is -2.42. The molecule has 1 aromatic carbocycles. The van der Waals surface area contributed by atoms with Crippen LogP contribution in [0.3, 0.4) is 0 Å². The van der Waals surface area contributed by atoms with Gasteiger partial charge in [-0.15, -0.1) is 11.3 Å². The first kappa shape index (κ1) is 28.8. The van der Waals surface area contributed by atoms with Crippen LogP contribution >= 0.6 is 11.3 Å². The number of anilines is 1. The molecule has 3 aliphatic rings. The van der Waals surface area contributed by atoms with Crippen molar-refractivity contribution >= 4 is 29.0 Å². The number of pyridine rings is 1. The normalized spacial score (nSPS) is 24.2. The van der Waals surface area contributed by atoms with Crippen LogP contribution in [0.5, 0.6) is 5.75 Å². The molecule has 1 amide bonds. The van der Waals surface area contributed by atoms with Gasteiger partial charge in [-0.1, -0.05) is 12.1 Å². The molecule has 2 heterocycles. The molecule has 1 N–H and O–H groups in total. The molecule has 8 heteroatoms. The van der Waals surface area contributed by atoms with E-state index in [4.69, 9.17) is 9.72 Å². The maximum atomic E-state index is 14.1. The van der Waals surface area contributed by atoms with Gasteiger partial charge in [0.25, 0.3) is 0 Å². The molecule has 0 unspecified atom stereocenters. The number of aromatic nitrogens is 2. The highest BCUT2D eigenvalue weighted by molar-refractivity contribution is 7.15. The predicted octanol–water partition coefficient (Wildman–Crippen LogP) is 7.60. The highest BCUT2D eigenvalue weighted by Gasteiger charge is 2.35. The van der Waals surface area contributed by atoms with Crippen molar-refractivity contribution in [3.05, 3.63) is 58.9 Å². The molecule has 42 heavy (non-hydrogen) atoms. The molecular formula is C34H41N3O4S. The van der Waals surface area contributed by atoms with Gasteiger partial charge >= 0.3 is 5.97 Å². The minimum atomic E-state index is -0.744. The largest absolute Gasteiger partial charge is 0.496 e. The molecule has 222 valence electrons. The van der Waals surface area contributed by atoms with E-state index < -0.39 is 5.97 Å². The number of aryl methyl sites for hydroxylation is 1. The molecule has 0 radical (unpaired) electrons. The fraction of sp³-hybridized carbons (Fsp3) is 0.529. The van der Waals surface area contributed by atoms with Crippen molar-refractivity contribution in [3.63, 3.8) is 0 Å². The van der Waals surface area contributed by atoms with E-state index in [1.165, 1.54) is 29.0 Å². The van der Waals surface area contributed by atoms with E-state index in [1.54, 1.807) is 18.4 Å². The fourth-order valence-corrected chi connectivity index (χ4v) is 7.94. The lowest BCUT2D eigenvalue weighted by atomic mass is 9.78. The van der Waals surface area contributed by atoms with Crippen molar-refractivity contribution in [1.82, 2.24) is 9.97 Å². The highest BCUT2D eigenvalue weighted by atomic mass is 32.1. The minimum Gasteiger partial charge on any atom is -0.496 e. The van der Waals surface area contributed by atoms with Crippen LogP contribution in [0.2, 0.25) is 0 Å². The number of carboxylic acids is 1. The number of aliphatic carboxylic acids is 1. The van der Waals surface area contributed by atoms with E-state index in [0.717, 1.165) is 41.9 Å². The van der Waals surface area contributed by atoms with Gasteiger partial charge in [-0.3, -0.25) is 14.5 Å². The van der Waals surface area contributed by atoms with E-state index >= 15 is 0 Å². The molecule has 2 aromatic heterocycles. The number of carboxylic acid groups (broad SMARTS) is 1. The maximum Gasteiger partial charge on any atom is 0.306 e. The summed E-state index contributed by atoms with van der Waals surface area (Å²) in [6.45, 7) is 2.75. The van der Waals surface area contributed by atoms with E-state index in [-0.39, 0.29) is 17.7 Å². The van der Waals surface area contributed by atoms with Crippen molar-refractivity contribution in [2.75, 3.05) is 18.6 Å². The molecule has 0 bridgehead atoms. The number of methoxy groups -OCH3 is 1. The topological polar surface area (TPSA) is 92.6 Å². The zero-order chi connectivity index (χ0) is 29.2. The smallest absolute Gasteiger partial charge is 0.306 e. The van der Waals surface area contributed by atoms with Gasteiger partial charge in [0.05, 0.1) is 22.9 Å². The SMILES string of the molecule is COc1ccc([C@H]2CC[C@H](CN(c3cc(-c4cnc(C5CC5)s4)ccn3)C(=O)[C@H]3CC[C@H](C(=O)O)CC3)CC2)cc1C. The van der Waals surface area contributed by atoms with Gasteiger partial charge in [0.2, 0.25) is 5.91 Å². The lowest BCUT2D eigenvalue weighted by molar-refractivity contribution is -0.144. The molecule has 7 nitrogen and oxygen atoms in total. The summed E-state index contributed by atoms with van der Waals surface area (Å²) in [6, 6.07) is 10.6. The van der Waals surface area contributed by atoms with Crippen molar-refractivity contribution in [2.24, 2.45) is 17.8 Å². The van der Waals surface area contributed by atoms with E-state index in [0.29, 0.717) is 55.8 Å². The van der Waals surface area contributed by atoms with Gasteiger partial charge in [0.1, 0.15) is 11.6 Å². The number of carbonyl (C=O) groups is 2.